The van der Waals surface area contributed by atoms with Crippen molar-refractivity contribution in [3.8, 4) is 0 Å². The highest BCUT2D eigenvalue weighted by atomic mass is 19.4. The normalized spacial score (nSPS) is 11.7. The molecular formula is C18H15F3N2O2. The zero-order valence-corrected chi connectivity index (χ0v) is 13.4. The number of oxazole rings is 1. The van der Waals surface area contributed by atoms with Crippen molar-refractivity contribution in [1.82, 2.24) is 4.98 Å². The average Bonchev–Trinajstić information content (AvgIpc) is 2.91. The molecular weight excluding hydrogens is 333 g/mol. The summed E-state index contributed by atoms with van der Waals surface area (Å²) in [5.74, 6) is 0.0711. The van der Waals surface area contributed by atoms with Crippen LogP contribution in [0, 0.1) is 6.92 Å². The molecule has 0 atom stereocenters. The Kier molecular flexibility index (Phi) is 4.48. The van der Waals surface area contributed by atoms with Crippen LogP contribution < -0.4 is 5.32 Å². The van der Waals surface area contributed by atoms with E-state index in [9.17, 15) is 18.0 Å². The number of amides is 1. The lowest BCUT2D eigenvalue weighted by atomic mass is 10.1. The topological polar surface area (TPSA) is 55.1 Å². The summed E-state index contributed by atoms with van der Waals surface area (Å²) in [7, 11) is 0. The van der Waals surface area contributed by atoms with Gasteiger partial charge < -0.3 is 9.73 Å². The molecule has 0 spiro atoms. The number of aromatic nitrogens is 1. The van der Waals surface area contributed by atoms with E-state index in [2.05, 4.69) is 10.3 Å². The van der Waals surface area contributed by atoms with Crippen LogP contribution in [-0.2, 0) is 17.4 Å². The lowest BCUT2D eigenvalue weighted by Gasteiger charge is -2.13. The molecule has 3 aromatic rings. The number of benzene rings is 2. The summed E-state index contributed by atoms with van der Waals surface area (Å²) in [6.07, 6.45) is -4.06. The number of para-hydroxylation sites is 1. The Balaban J connectivity index is 1.66. The second kappa shape index (κ2) is 6.58. The summed E-state index contributed by atoms with van der Waals surface area (Å²) in [6, 6.07) is 10.3. The summed E-state index contributed by atoms with van der Waals surface area (Å²) in [5.41, 5.74) is 1.12. The van der Waals surface area contributed by atoms with Crippen molar-refractivity contribution < 1.29 is 22.4 Å². The largest absolute Gasteiger partial charge is 0.441 e. The van der Waals surface area contributed by atoms with Crippen molar-refractivity contribution in [1.29, 1.82) is 0 Å². The van der Waals surface area contributed by atoms with Crippen molar-refractivity contribution in [3.63, 3.8) is 0 Å². The molecule has 1 aromatic heterocycles. The molecule has 0 saturated carbocycles. The van der Waals surface area contributed by atoms with Crippen LogP contribution in [0.15, 0.2) is 46.9 Å². The Morgan fingerprint density at radius 2 is 1.96 bits per heavy atom. The van der Waals surface area contributed by atoms with Gasteiger partial charge in [0.25, 0.3) is 0 Å². The standard InChI is InChI=1S/C18H15F3N2O2/c1-11-22-15-10-12(6-8-16(15)25-11)7-9-17(24)23-14-5-3-2-4-13(14)18(19,20)21/h2-6,8,10H,7,9H2,1H3,(H,23,24). The minimum absolute atomic E-state index is 0.0640. The van der Waals surface area contributed by atoms with Crippen LogP contribution in [0.5, 0.6) is 0 Å². The van der Waals surface area contributed by atoms with E-state index in [1.165, 1.54) is 18.2 Å². The first kappa shape index (κ1) is 17.0. The van der Waals surface area contributed by atoms with E-state index in [0.717, 1.165) is 11.6 Å². The molecule has 0 aliphatic carbocycles. The third kappa shape index (κ3) is 3.99. The SMILES string of the molecule is Cc1nc2cc(CCC(=O)Nc3ccccc3C(F)(F)F)ccc2o1. The van der Waals surface area contributed by atoms with E-state index in [1.807, 2.05) is 12.1 Å². The predicted octanol–water partition coefficient (Wildman–Crippen LogP) is 4.73. The molecule has 4 nitrogen and oxygen atoms in total. The third-order valence-corrected chi connectivity index (χ3v) is 3.71. The minimum atomic E-state index is -4.51. The predicted molar refractivity (Wildman–Crippen MR) is 87.1 cm³/mol. The Labute approximate surface area is 141 Å². The number of carbonyl (C=O) groups excluding carboxylic acids is 1. The maximum atomic E-state index is 12.9. The number of nitrogens with zero attached hydrogens (tertiary/aromatic N) is 1. The van der Waals surface area contributed by atoms with Crippen molar-refractivity contribution >= 4 is 22.7 Å². The molecule has 0 aliphatic heterocycles. The molecule has 25 heavy (non-hydrogen) atoms. The van der Waals surface area contributed by atoms with E-state index in [-0.39, 0.29) is 12.1 Å². The van der Waals surface area contributed by atoms with Gasteiger partial charge in [0.2, 0.25) is 5.91 Å². The number of fused-ring (bicyclic) bond motifs is 1. The van der Waals surface area contributed by atoms with Crippen LogP contribution in [0.1, 0.15) is 23.4 Å². The zero-order chi connectivity index (χ0) is 18.0. The molecule has 0 bridgehead atoms. The number of hydrogen-bond acceptors (Lipinski definition) is 3. The third-order valence-electron chi connectivity index (χ3n) is 3.71. The fourth-order valence-corrected chi connectivity index (χ4v) is 2.55. The van der Waals surface area contributed by atoms with E-state index in [1.54, 1.807) is 13.0 Å². The fourth-order valence-electron chi connectivity index (χ4n) is 2.55. The van der Waals surface area contributed by atoms with Gasteiger partial charge in [-0.25, -0.2) is 4.98 Å². The van der Waals surface area contributed by atoms with Gasteiger partial charge in [-0.05, 0) is 36.2 Å². The summed E-state index contributed by atoms with van der Waals surface area (Å²) >= 11 is 0. The second-order valence-corrected chi connectivity index (χ2v) is 5.63. The smallest absolute Gasteiger partial charge is 0.418 e. The molecule has 0 aliphatic rings. The molecule has 130 valence electrons. The molecule has 1 heterocycles. The molecule has 0 radical (unpaired) electrons. The number of alkyl halides is 3. The van der Waals surface area contributed by atoms with Crippen LogP contribution in [-0.4, -0.2) is 10.9 Å². The van der Waals surface area contributed by atoms with E-state index < -0.39 is 17.6 Å². The number of nitrogens with one attached hydrogen (secondary N) is 1. The van der Waals surface area contributed by atoms with Crippen molar-refractivity contribution in [2.45, 2.75) is 25.9 Å². The molecule has 3 rings (SSSR count). The van der Waals surface area contributed by atoms with Crippen molar-refractivity contribution in [2.24, 2.45) is 0 Å². The number of hydrogen-bond donors (Lipinski definition) is 1. The summed E-state index contributed by atoms with van der Waals surface area (Å²) in [5, 5.41) is 2.34. The minimum Gasteiger partial charge on any atom is -0.441 e. The van der Waals surface area contributed by atoms with Crippen LogP contribution in [0.25, 0.3) is 11.1 Å². The highest BCUT2D eigenvalue weighted by Crippen LogP contribution is 2.34. The van der Waals surface area contributed by atoms with Gasteiger partial charge in [0.05, 0.1) is 11.3 Å². The summed E-state index contributed by atoms with van der Waals surface area (Å²) in [6.45, 7) is 1.74. The van der Waals surface area contributed by atoms with Crippen LogP contribution in [0.2, 0.25) is 0 Å². The maximum Gasteiger partial charge on any atom is 0.418 e. The Hall–Kier alpha value is -2.83. The first-order valence-electron chi connectivity index (χ1n) is 7.65. The molecule has 0 saturated heterocycles. The highest BCUT2D eigenvalue weighted by molar-refractivity contribution is 5.91. The summed E-state index contributed by atoms with van der Waals surface area (Å²) < 4.78 is 44.2. The van der Waals surface area contributed by atoms with Gasteiger partial charge in [-0.1, -0.05) is 18.2 Å². The Bertz CT molecular complexity index is 916. The van der Waals surface area contributed by atoms with Gasteiger partial charge in [-0.3, -0.25) is 4.79 Å². The maximum absolute atomic E-state index is 12.9. The van der Waals surface area contributed by atoms with Gasteiger partial charge in [0, 0.05) is 13.3 Å². The van der Waals surface area contributed by atoms with Gasteiger partial charge in [0.15, 0.2) is 11.5 Å². The number of halogens is 3. The first-order chi connectivity index (χ1) is 11.8. The Morgan fingerprint density at radius 3 is 2.72 bits per heavy atom. The fraction of sp³-hybridized carbons (Fsp3) is 0.222. The van der Waals surface area contributed by atoms with E-state index >= 15 is 0 Å². The van der Waals surface area contributed by atoms with Gasteiger partial charge in [-0.2, -0.15) is 13.2 Å². The van der Waals surface area contributed by atoms with Gasteiger partial charge in [-0.15, -0.1) is 0 Å². The van der Waals surface area contributed by atoms with E-state index in [4.69, 9.17) is 4.42 Å². The molecule has 1 N–H and O–H groups in total. The van der Waals surface area contributed by atoms with Gasteiger partial charge in [0.1, 0.15) is 5.52 Å². The number of aryl methyl sites for hydroxylation is 2. The number of rotatable bonds is 4. The lowest BCUT2D eigenvalue weighted by molar-refractivity contribution is -0.137. The van der Waals surface area contributed by atoms with Crippen LogP contribution in [0.3, 0.4) is 0 Å². The molecule has 7 heteroatoms. The highest BCUT2D eigenvalue weighted by Gasteiger charge is 2.33. The number of carbonyl (C=O) groups is 1. The second-order valence-electron chi connectivity index (χ2n) is 5.63. The summed E-state index contributed by atoms with van der Waals surface area (Å²) in [4.78, 5) is 16.2. The lowest BCUT2D eigenvalue weighted by Crippen LogP contribution is -2.16. The Morgan fingerprint density at radius 1 is 1.20 bits per heavy atom. The van der Waals surface area contributed by atoms with Crippen molar-refractivity contribution in [2.75, 3.05) is 5.32 Å². The zero-order valence-electron chi connectivity index (χ0n) is 13.4. The quantitative estimate of drug-likeness (QED) is 0.742. The molecule has 0 fully saturated rings. The average molecular weight is 348 g/mol. The van der Waals surface area contributed by atoms with Crippen LogP contribution in [0.4, 0.5) is 18.9 Å². The van der Waals surface area contributed by atoms with Crippen molar-refractivity contribution in [3.05, 3.63) is 59.5 Å². The molecule has 0 unspecified atom stereocenters. The van der Waals surface area contributed by atoms with E-state index in [0.29, 0.717) is 23.4 Å². The monoisotopic (exact) mass is 348 g/mol. The number of anilines is 1. The molecule has 1 amide bonds. The van der Waals surface area contributed by atoms with Crippen LogP contribution >= 0.6 is 0 Å². The molecule has 2 aromatic carbocycles. The van der Waals surface area contributed by atoms with Gasteiger partial charge >= 0.3 is 6.18 Å². The first-order valence-corrected chi connectivity index (χ1v) is 7.65.